The van der Waals surface area contributed by atoms with Gasteiger partial charge in [0.25, 0.3) is 5.91 Å². The molecule has 1 heterocycles. The van der Waals surface area contributed by atoms with E-state index in [0.717, 1.165) is 28.3 Å². The van der Waals surface area contributed by atoms with Crippen LogP contribution in [0.3, 0.4) is 0 Å². The van der Waals surface area contributed by atoms with Crippen molar-refractivity contribution in [3.05, 3.63) is 70.9 Å². The Morgan fingerprint density at radius 3 is 2.33 bits per heavy atom. The minimum absolute atomic E-state index is 0.208. The number of hydrogen-bond acceptors (Lipinski definition) is 4. The minimum atomic E-state index is -3.34. The molecule has 158 valence electrons. The summed E-state index contributed by atoms with van der Waals surface area (Å²) in [6.45, 7) is 7.98. The lowest BCUT2D eigenvalue weighted by Crippen LogP contribution is -2.26. The zero-order chi connectivity index (χ0) is 22.1. The van der Waals surface area contributed by atoms with Gasteiger partial charge in [0.05, 0.1) is 29.1 Å². The highest BCUT2D eigenvalue weighted by Gasteiger charge is 2.14. The van der Waals surface area contributed by atoms with Crippen LogP contribution in [0.5, 0.6) is 0 Å². The molecule has 2 N–H and O–H groups in total. The minimum Gasteiger partial charge on any atom is -0.345 e. The van der Waals surface area contributed by atoms with Crippen molar-refractivity contribution in [1.82, 2.24) is 10.3 Å². The number of nitrogens with zero attached hydrogens (tertiary/aromatic N) is 1. The standard InChI is InChI=1S/C23H27N3O3S/c1-14(2)17-6-7-19-11-20(13-24-22(19)12-17)23(27)25-16(4)18-8-9-21(15(3)10-18)26-30(5,28)29/h6-14,16,26H,1-5H3,(H,25,27). The van der Waals surface area contributed by atoms with E-state index in [0.29, 0.717) is 17.2 Å². The second-order valence-corrected chi connectivity index (χ2v) is 9.72. The summed E-state index contributed by atoms with van der Waals surface area (Å²) in [5.41, 5.74) is 4.78. The Morgan fingerprint density at radius 1 is 1.00 bits per heavy atom. The van der Waals surface area contributed by atoms with Crippen molar-refractivity contribution >= 4 is 32.5 Å². The van der Waals surface area contributed by atoms with Gasteiger partial charge in [0, 0.05) is 11.6 Å². The van der Waals surface area contributed by atoms with Gasteiger partial charge in [-0.05, 0) is 54.7 Å². The molecule has 1 amide bonds. The lowest BCUT2D eigenvalue weighted by Gasteiger charge is -2.17. The third kappa shape index (κ3) is 5.16. The molecule has 2 aromatic carbocycles. The van der Waals surface area contributed by atoms with Crippen LogP contribution in [0, 0.1) is 6.92 Å². The SMILES string of the molecule is Cc1cc(C(C)NC(=O)c2cnc3cc(C(C)C)ccc3c2)ccc1NS(C)(=O)=O. The molecule has 30 heavy (non-hydrogen) atoms. The second-order valence-electron chi connectivity index (χ2n) is 7.97. The number of anilines is 1. The fourth-order valence-corrected chi connectivity index (χ4v) is 3.88. The molecule has 0 aliphatic rings. The van der Waals surface area contributed by atoms with Gasteiger partial charge in [0.1, 0.15) is 0 Å². The number of carbonyl (C=O) groups is 1. The van der Waals surface area contributed by atoms with E-state index in [9.17, 15) is 13.2 Å². The largest absolute Gasteiger partial charge is 0.345 e. The van der Waals surface area contributed by atoms with Gasteiger partial charge in [-0.15, -0.1) is 0 Å². The summed E-state index contributed by atoms with van der Waals surface area (Å²) in [6.07, 6.45) is 2.71. The zero-order valence-electron chi connectivity index (χ0n) is 17.9. The molecular weight excluding hydrogens is 398 g/mol. The monoisotopic (exact) mass is 425 g/mol. The number of aromatic nitrogens is 1. The highest BCUT2D eigenvalue weighted by atomic mass is 32.2. The van der Waals surface area contributed by atoms with Gasteiger partial charge < -0.3 is 5.32 Å². The Labute approximate surface area is 177 Å². The second kappa shape index (κ2) is 8.44. The lowest BCUT2D eigenvalue weighted by atomic mass is 10.0. The first-order valence-electron chi connectivity index (χ1n) is 9.82. The quantitative estimate of drug-likeness (QED) is 0.607. The maximum absolute atomic E-state index is 12.7. The van der Waals surface area contributed by atoms with Gasteiger partial charge in [0.15, 0.2) is 0 Å². The van der Waals surface area contributed by atoms with Crippen LogP contribution in [-0.4, -0.2) is 25.6 Å². The van der Waals surface area contributed by atoms with Gasteiger partial charge >= 0.3 is 0 Å². The molecule has 0 aliphatic carbocycles. The molecule has 7 heteroatoms. The number of fused-ring (bicyclic) bond motifs is 1. The summed E-state index contributed by atoms with van der Waals surface area (Å²) in [4.78, 5) is 17.2. The fraction of sp³-hybridized carbons (Fsp3) is 0.304. The maximum Gasteiger partial charge on any atom is 0.253 e. The number of rotatable bonds is 6. The van der Waals surface area contributed by atoms with E-state index in [-0.39, 0.29) is 11.9 Å². The van der Waals surface area contributed by atoms with E-state index in [4.69, 9.17) is 0 Å². The molecule has 0 saturated carbocycles. The molecule has 3 rings (SSSR count). The van der Waals surface area contributed by atoms with Crippen LogP contribution in [0.2, 0.25) is 0 Å². The van der Waals surface area contributed by atoms with E-state index in [1.807, 2.05) is 32.0 Å². The predicted octanol–water partition coefficient (Wildman–Crippen LogP) is 4.53. The normalized spacial score (nSPS) is 12.7. The van der Waals surface area contributed by atoms with Gasteiger partial charge in [-0.1, -0.05) is 38.1 Å². The van der Waals surface area contributed by atoms with Crippen molar-refractivity contribution in [2.45, 2.75) is 39.7 Å². The van der Waals surface area contributed by atoms with Crippen molar-refractivity contribution in [3.8, 4) is 0 Å². The topological polar surface area (TPSA) is 88.2 Å². The summed E-state index contributed by atoms with van der Waals surface area (Å²) >= 11 is 0. The number of nitrogens with one attached hydrogen (secondary N) is 2. The van der Waals surface area contributed by atoms with E-state index < -0.39 is 10.0 Å². The smallest absolute Gasteiger partial charge is 0.253 e. The summed E-state index contributed by atoms with van der Waals surface area (Å²) < 4.78 is 25.4. The Bertz CT molecular complexity index is 1200. The van der Waals surface area contributed by atoms with E-state index in [1.54, 1.807) is 18.3 Å². The Kier molecular flexibility index (Phi) is 6.12. The number of sulfonamides is 1. The lowest BCUT2D eigenvalue weighted by molar-refractivity contribution is 0.0939. The van der Waals surface area contributed by atoms with Gasteiger partial charge in [0.2, 0.25) is 10.0 Å². The van der Waals surface area contributed by atoms with Crippen LogP contribution >= 0.6 is 0 Å². The summed E-state index contributed by atoms with van der Waals surface area (Å²) in [5.74, 6) is 0.211. The van der Waals surface area contributed by atoms with Crippen LogP contribution in [0.15, 0.2) is 48.7 Å². The first-order valence-corrected chi connectivity index (χ1v) is 11.7. The third-order valence-corrected chi connectivity index (χ3v) is 5.62. The highest BCUT2D eigenvalue weighted by Crippen LogP contribution is 2.23. The van der Waals surface area contributed by atoms with Crippen molar-refractivity contribution in [3.63, 3.8) is 0 Å². The Balaban J connectivity index is 1.76. The Hall–Kier alpha value is -2.93. The third-order valence-electron chi connectivity index (χ3n) is 5.03. The number of carbonyl (C=O) groups excluding carboxylic acids is 1. The molecule has 0 bridgehead atoms. The highest BCUT2D eigenvalue weighted by molar-refractivity contribution is 7.92. The van der Waals surface area contributed by atoms with Crippen LogP contribution < -0.4 is 10.0 Å². The molecule has 0 spiro atoms. The number of pyridine rings is 1. The van der Waals surface area contributed by atoms with Crippen LogP contribution in [0.25, 0.3) is 10.9 Å². The molecule has 1 aromatic heterocycles. The number of benzene rings is 2. The Morgan fingerprint density at radius 2 is 1.70 bits per heavy atom. The van der Waals surface area contributed by atoms with Crippen LogP contribution in [0.1, 0.15) is 59.8 Å². The van der Waals surface area contributed by atoms with Gasteiger partial charge in [-0.2, -0.15) is 0 Å². The fourth-order valence-electron chi connectivity index (χ4n) is 3.26. The zero-order valence-corrected chi connectivity index (χ0v) is 18.7. The molecule has 0 saturated heterocycles. The van der Waals surface area contributed by atoms with E-state index >= 15 is 0 Å². The van der Waals surface area contributed by atoms with Crippen molar-refractivity contribution in [1.29, 1.82) is 0 Å². The number of hydrogen-bond donors (Lipinski definition) is 2. The molecule has 0 fully saturated rings. The molecular formula is C23H27N3O3S. The van der Waals surface area contributed by atoms with Gasteiger partial charge in [-0.25, -0.2) is 8.42 Å². The first-order chi connectivity index (χ1) is 14.0. The van der Waals surface area contributed by atoms with Crippen LogP contribution in [-0.2, 0) is 10.0 Å². The number of aryl methyl sites for hydroxylation is 1. The van der Waals surface area contributed by atoms with Crippen molar-refractivity contribution in [2.75, 3.05) is 11.0 Å². The maximum atomic E-state index is 12.7. The summed E-state index contributed by atoms with van der Waals surface area (Å²) in [7, 11) is -3.34. The van der Waals surface area contributed by atoms with E-state index in [1.165, 1.54) is 5.56 Å². The van der Waals surface area contributed by atoms with E-state index in [2.05, 4.69) is 41.0 Å². The molecule has 6 nitrogen and oxygen atoms in total. The molecule has 1 unspecified atom stereocenters. The first kappa shape index (κ1) is 21.8. The van der Waals surface area contributed by atoms with Crippen LogP contribution in [0.4, 0.5) is 5.69 Å². The predicted molar refractivity (Wildman–Crippen MR) is 121 cm³/mol. The molecule has 3 aromatic rings. The van der Waals surface area contributed by atoms with Crippen molar-refractivity contribution in [2.24, 2.45) is 0 Å². The average molecular weight is 426 g/mol. The summed E-state index contributed by atoms with van der Waals surface area (Å²) in [6, 6.07) is 13.1. The van der Waals surface area contributed by atoms with Crippen molar-refractivity contribution < 1.29 is 13.2 Å². The molecule has 0 aliphatic heterocycles. The number of amides is 1. The summed E-state index contributed by atoms with van der Waals surface area (Å²) in [5, 5.41) is 3.91. The molecule has 0 radical (unpaired) electrons. The van der Waals surface area contributed by atoms with Gasteiger partial charge in [-0.3, -0.25) is 14.5 Å². The average Bonchev–Trinajstić information content (AvgIpc) is 2.67. The molecule has 1 atom stereocenters.